The first kappa shape index (κ1) is 12.2. The highest BCUT2D eigenvalue weighted by Crippen LogP contribution is 2.63. The Bertz CT molecular complexity index is 290. The van der Waals surface area contributed by atoms with Crippen molar-refractivity contribution in [3.63, 3.8) is 0 Å². The highest BCUT2D eigenvalue weighted by atomic mass is 32.2. The largest absolute Gasteiger partial charge is 0.481 e. The van der Waals surface area contributed by atoms with Gasteiger partial charge in [0.1, 0.15) is 0 Å². The molecule has 0 amide bonds. The van der Waals surface area contributed by atoms with E-state index in [4.69, 9.17) is 5.11 Å². The lowest BCUT2D eigenvalue weighted by molar-refractivity contribution is -0.134. The number of carboxylic acids is 1. The molecule has 0 radical (unpaired) electrons. The molecule has 3 fully saturated rings. The van der Waals surface area contributed by atoms with Crippen molar-refractivity contribution in [1.82, 2.24) is 0 Å². The fraction of sp³-hybridized carbons (Fsp3) is 0.917. The lowest BCUT2D eigenvalue weighted by atomic mass is 9.45. The van der Waals surface area contributed by atoms with Crippen molar-refractivity contribution in [3.05, 3.63) is 0 Å². The summed E-state index contributed by atoms with van der Waals surface area (Å²) in [6.45, 7) is 4.78. The molecular formula is C12H20O3S. The Morgan fingerprint density at radius 1 is 1.44 bits per heavy atom. The molecule has 0 aliphatic heterocycles. The van der Waals surface area contributed by atoms with E-state index < -0.39 is 5.97 Å². The average Bonchev–Trinajstić information content (AvgIpc) is 2.25. The van der Waals surface area contributed by atoms with Gasteiger partial charge in [0.25, 0.3) is 0 Å². The first-order valence-electron chi connectivity index (χ1n) is 5.91. The Morgan fingerprint density at radius 2 is 2.12 bits per heavy atom. The van der Waals surface area contributed by atoms with E-state index >= 15 is 0 Å². The van der Waals surface area contributed by atoms with Crippen molar-refractivity contribution in [1.29, 1.82) is 0 Å². The highest BCUT2D eigenvalue weighted by molar-refractivity contribution is 8.00. The lowest BCUT2D eigenvalue weighted by Crippen LogP contribution is -2.57. The van der Waals surface area contributed by atoms with Crippen molar-refractivity contribution in [2.75, 3.05) is 12.4 Å². The van der Waals surface area contributed by atoms with Gasteiger partial charge < -0.3 is 10.2 Å². The summed E-state index contributed by atoms with van der Waals surface area (Å²) in [5, 5.41) is 18.5. The van der Waals surface area contributed by atoms with Gasteiger partial charge in [0.15, 0.2) is 0 Å². The molecule has 4 heteroatoms. The normalized spacial score (nSPS) is 40.2. The van der Waals surface area contributed by atoms with Crippen LogP contribution in [0.25, 0.3) is 0 Å². The topological polar surface area (TPSA) is 57.5 Å². The summed E-state index contributed by atoms with van der Waals surface area (Å²) in [7, 11) is 0. The summed E-state index contributed by atoms with van der Waals surface area (Å²) in [6, 6.07) is 0. The van der Waals surface area contributed by atoms with Crippen molar-refractivity contribution in [2.24, 2.45) is 23.2 Å². The zero-order valence-electron chi connectivity index (χ0n) is 9.85. The molecule has 3 saturated carbocycles. The molecule has 0 aromatic carbocycles. The van der Waals surface area contributed by atoms with Crippen LogP contribution in [0.2, 0.25) is 0 Å². The number of fused-ring (bicyclic) bond motifs is 2. The summed E-state index contributed by atoms with van der Waals surface area (Å²) >= 11 is 1.51. The lowest BCUT2D eigenvalue weighted by Gasteiger charge is -2.62. The molecule has 92 valence electrons. The van der Waals surface area contributed by atoms with Crippen LogP contribution >= 0.6 is 11.8 Å². The van der Waals surface area contributed by atoms with E-state index in [1.54, 1.807) is 0 Å². The Hall–Kier alpha value is -0.220. The quantitative estimate of drug-likeness (QED) is 0.792. The van der Waals surface area contributed by atoms with Crippen LogP contribution in [0.3, 0.4) is 0 Å². The fourth-order valence-electron chi connectivity index (χ4n) is 3.51. The molecule has 0 saturated heterocycles. The van der Waals surface area contributed by atoms with Gasteiger partial charge in [0.05, 0.1) is 5.75 Å². The maximum Gasteiger partial charge on any atom is 0.313 e. The Kier molecular flexibility index (Phi) is 3.23. The second-order valence-electron chi connectivity index (χ2n) is 5.69. The second-order valence-corrected chi connectivity index (χ2v) is 6.91. The SMILES string of the molecule is CC1(C)[C@H]2C[C@H](SCC(=O)O)[C@@H](CO)[C@@H]1C2. The van der Waals surface area contributed by atoms with E-state index in [-0.39, 0.29) is 12.4 Å². The standard InChI is InChI=1S/C12H20O3S/c1-12(2)7-3-9(12)8(5-13)10(4-7)16-6-11(14)15/h7-10,13H,3-6H2,1-2H3,(H,14,15)/t7-,8+,9+,10+/m1/s1. The van der Waals surface area contributed by atoms with Gasteiger partial charge in [0.2, 0.25) is 0 Å². The minimum atomic E-state index is -0.750. The van der Waals surface area contributed by atoms with Gasteiger partial charge in [-0.3, -0.25) is 4.79 Å². The van der Waals surface area contributed by atoms with E-state index in [9.17, 15) is 9.90 Å². The number of carboxylic acid groups (broad SMARTS) is 1. The minimum absolute atomic E-state index is 0.168. The molecule has 3 rings (SSSR count). The molecule has 2 N–H and O–H groups in total. The minimum Gasteiger partial charge on any atom is -0.481 e. The summed E-state index contributed by atoms with van der Waals surface area (Å²) < 4.78 is 0. The number of carbonyl (C=O) groups is 1. The number of aliphatic carboxylic acids is 1. The highest BCUT2D eigenvalue weighted by Gasteiger charge is 2.57. The molecule has 16 heavy (non-hydrogen) atoms. The van der Waals surface area contributed by atoms with Crippen LogP contribution in [0, 0.1) is 23.2 Å². The third kappa shape index (κ3) is 1.86. The Labute approximate surface area is 101 Å². The van der Waals surface area contributed by atoms with E-state index in [0.717, 1.165) is 12.3 Å². The van der Waals surface area contributed by atoms with Crippen molar-refractivity contribution in [2.45, 2.75) is 31.9 Å². The van der Waals surface area contributed by atoms with Crippen LogP contribution in [-0.4, -0.2) is 33.8 Å². The van der Waals surface area contributed by atoms with E-state index in [0.29, 0.717) is 22.5 Å². The van der Waals surface area contributed by atoms with Crippen LogP contribution < -0.4 is 0 Å². The van der Waals surface area contributed by atoms with Gasteiger partial charge in [-0.05, 0) is 36.0 Å². The third-order valence-corrected chi connectivity index (χ3v) is 6.07. The van der Waals surface area contributed by atoms with Gasteiger partial charge >= 0.3 is 5.97 Å². The fourth-order valence-corrected chi connectivity index (χ4v) is 4.76. The molecule has 0 aromatic heterocycles. The summed E-state index contributed by atoms with van der Waals surface area (Å²) in [4.78, 5) is 10.6. The maximum absolute atomic E-state index is 10.6. The average molecular weight is 244 g/mol. The van der Waals surface area contributed by atoms with Gasteiger partial charge in [-0.1, -0.05) is 13.8 Å². The van der Waals surface area contributed by atoms with Gasteiger partial charge in [-0.2, -0.15) is 0 Å². The van der Waals surface area contributed by atoms with Gasteiger partial charge in [-0.15, -0.1) is 11.8 Å². The summed E-state index contributed by atoms with van der Waals surface area (Å²) in [5.41, 5.74) is 0.355. The predicted molar refractivity (Wildman–Crippen MR) is 64.5 cm³/mol. The monoisotopic (exact) mass is 244 g/mol. The van der Waals surface area contributed by atoms with Crippen molar-refractivity contribution < 1.29 is 15.0 Å². The zero-order valence-corrected chi connectivity index (χ0v) is 10.7. The van der Waals surface area contributed by atoms with Crippen LogP contribution in [0.4, 0.5) is 0 Å². The van der Waals surface area contributed by atoms with E-state index in [2.05, 4.69) is 13.8 Å². The molecule has 0 aromatic rings. The number of rotatable bonds is 4. The molecule has 3 aliphatic carbocycles. The van der Waals surface area contributed by atoms with Crippen LogP contribution in [0.15, 0.2) is 0 Å². The van der Waals surface area contributed by atoms with Gasteiger partial charge in [0, 0.05) is 11.9 Å². The number of thioether (sulfide) groups is 1. The molecule has 0 spiro atoms. The van der Waals surface area contributed by atoms with E-state index in [1.807, 2.05) is 0 Å². The van der Waals surface area contributed by atoms with Crippen LogP contribution in [0.5, 0.6) is 0 Å². The number of aliphatic hydroxyl groups excluding tert-OH is 1. The number of aliphatic hydroxyl groups is 1. The van der Waals surface area contributed by atoms with Crippen LogP contribution in [0.1, 0.15) is 26.7 Å². The summed E-state index contributed by atoms with van der Waals surface area (Å²) in [5.74, 6) is 1.03. The molecular weight excluding hydrogens is 224 g/mol. The first-order valence-corrected chi connectivity index (χ1v) is 6.96. The number of hydrogen-bond donors (Lipinski definition) is 2. The molecule has 0 unspecified atom stereocenters. The van der Waals surface area contributed by atoms with Crippen LogP contribution in [-0.2, 0) is 4.79 Å². The molecule has 3 aliphatic rings. The molecule has 4 atom stereocenters. The Morgan fingerprint density at radius 3 is 2.62 bits per heavy atom. The van der Waals surface area contributed by atoms with E-state index in [1.165, 1.54) is 18.2 Å². The summed E-state index contributed by atoms with van der Waals surface area (Å²) in [6.07, 6.45) is 2.30. The van der Waals surface area contributed by atoms with Crippen molar-refractivity contribution >= 4 is 17.7 Å². The molecule has 0 heterocycles. The number of hydrogen-bond acceptors (Lipinski definition) is 3. The smallest absolute Gasteiger partial charge is 0.313 e. The second kappa shape index (κ2) is 4.22. The first-order chi connectivity index (χ1) is 7.46. The third-order valence-electron chi connectivity index (χ3n) is 4.69. The zero-order chi connectivity index (χ0) is 11.9. The maximum atomic E-state index is 10.6. The van der Waals surface area contributed by atoms with Crippen molar-refractivity contribution in [3.8, 4) is 0 Å². The molecule has 3 nitrogen and oxygen atoms in total. The molecule has 2 bridgehead atoms. The van der Waals surface area contributed by atoms with Gasteiger partial charge in [-0.25, -0.2) is 0 Å². The predicted octanol–water partition coefficient (Wildman–Crippen LogP) is 1.85. The Balaban J connectivity index is 1.99.